The maximum Gasteiger partial charge on any atom is 0.414 e. The number of aromatic carboxylic acids is 3. The SMILES string of the molecule is O=C(O)c1ccc(-c2ccnc3c2ccc2c(-c4ccc(C(=O)O)c(C(=O)O)c4)ccnc23)cc1OCO.OC(CC(O)C(F)(F)F)c1cccs1.[Eu]. The molecule has 0 fully saturated rings. The fourth-order valence-electron chi connectivity index (χ4n) is 5.40. The largest absolute Gasteiger partial charge is 0.478 e. The van der Waals surface area contributed by atoms with E-state index >= 15 is 0 Å². The van der Waals surface area contributed by atoms with E-state index in [4.69, 9.17) is 9.84 Å². The third-order valence-corrected chi connectivity index (χ3v) is 8.83. The number of carboxylic acids is 3. The first-order valence-electron chi connectivity index (χ1n) is 15.1. The Morgan fingerprint density at radius 1 is 0.736 bits per heavy atom. The second kappa shape index (κ2) is 17.6. The van der Waals surface area contributed by atoms with Gasteiger partial charge in [-0.2, -0.15) is 13.2 Å². The van der Waals surface area contributed by atoms with Gasteiger partial charge in [0.1, 0.15) is 11.3 Å². The van der Waals surface area contributed by atoms with Gasteiger partial charge in [-0.3, -0.25) is 9.97 Å². The summed E-state index contributed by atoms with van der Waals surface area (Å²) < 4.78 is 40.8. The molecule has 0 spiro atoms. The molecule has 6 aromatic rings. The Bertz CT molecular complexity index is 2290. The molecule has 0 aliphatic heterocycles. The number of nitrogens with zero attached hydrogens (tertiary/aromatic N) is 2. The Morgan fingerprint density at radius 3 is 1.74 bits per heavy atom. The molecule has 6 rings (SSSR count). The van der Waals surface area contributed by atoms with Crippen molar-refractivity contribution in [2.75, 3.05) is 6.79 Å². The van der Waals surface area contributed by atoms with Crippen LogP contribution in [0.1, 0.15) is 48.5 Å². The van der Waals surface area contributed by atoms with Crippen molar-refractivity contribution >= 4 is 51.1 Å². The number of thiophene rings is 1. The van der Waals surface area contributed by atoms with Crippen LogP contribution in [0.25, 0.3) is 44.1 Å². The fraction of sp³-hybridized carbons (Fsp3) is 0.139. The van der Waals surface area contributed by atoms with Crippen molar-refractivity contribution in [1.29, 1.82) is 0 Å². The molecule has 6 N–H and O–H groups in total. The molecule has 0 aliphatic carbocycles. The summed E-state index contributed by atoms with van der Waals surface area (Å²) in [4.78, 5) is 44.1. The van der Waals surface area contributed by atoms with Crippen LogP contribution in [0.5, 0.6) is 5.75 Å². The quantitative estimate of drug-likeness (QED) is 0.0633. The first-order chi connectivity index (χ1) is 24.7. The molecule has 0 aliphatic rings. The number of halogens is 3. The maximum absolute atomic E-state index is 11.9. The van der Waals surface area contributed by atoms with Gasteiger partial charge in [-0.25, -0.2) is 14.4 Å². The first kappa shape index (κ1) is 41.4. The van der Waals surface area contributed by atoms with Crippen molar-refractivity contribution in [3.05, 3.63) is 112 Å². The maximum atomic E-state index is 11.9. The Morgan fingerprint density at radius 2 is 1.26 bits per heavy atom. The molecule has 0 saturated carbocycles. The fourth-order valence-corrected chi connectivity index (χ4v) is 6.13. The predicted molar refractivity (Wildman–Crippen MR) is 182 cm³/mol. The molecule has 2 unspecified atom stereocenters. The van der Waals surface area contributed by atoms with Gasteiger partial charge in [-0.1, -0.05) is 30.3 Å². The average molecular weight is 889 g/mol. The van der Waals surface area contributed by atoms with E-state index in [1.54, 1.807) is 48.1 Å². The van der Waals surface area contributed by atoms with E-state index in [-0.39, 0.29) is 71.8 Å². The number of ether oxygens (including phenoxy) is 1. The molecule has 2 atom stereocenters. The molecule has 53 heavy (non-hydrogen) atoms. The Kier molecular flexibility index (Phi) is 13.8. The average Bonchev–Trinajstić information content (AvgIpc) is 3.66. The zero-order valence-electron chi connectivity index (χ0n) is 26.9. The number of pyridine rings is 2. The summed E-state index contributed by atoms with van der Waals surface area (Å²) in [7, 11) is 0. The number of carboxylic acid groups (broad SMARTS) is 3. The van der Waals surface area contributed by atoms with E-state index in [1.165, 1.54) is 30.3 Å². The summed E-state index contributed by atoms with van der Waals surface area (Å²) in [6.07, 6.45) is -5.97. The topological polar surface area (TPSA) is 208 Å². The zero-order valence-corrected chi connectivity index (χ0v) is 30.1. The molecule has 0 amide bonds. The van der Waals surface area contributed by atoms with Crippen molar-refractivity contribution in [2.45, 2.75) is 24.8 Å². The minimum absolute atomic E-state index is 0. The van der Waals surface area contributed by atoms with Gasteiger partial charge in [0.25, 0.3) is 0 Å². The third-order valence-electron chi connectivity index (χ3n) is 7.85. The van der Waals surface area contributed by atoms with Crippen LogP contribution >= 0.6 is 11.3 Å². The second-order valence-corrected chi connectivity index (χ2v) is 12.0. The van der Waals surface area contributed by atoms with Crippen LogP contribution in [0, 0.1) is 49.4 Å². The van der Waals surface area contributed by atoms with Gasteiger partial charge in [0, 0.05) is 83.8 Å². The number of aliphatic hydroxyl groups excluding tert-OH is 3. The molecule has 3 aromatic heterocycles. The van der Waals surface area contributed by atoms with Crippen molar-refractivity contribution in [1.82, 2.24) is 9.97 Å². The Balaban J connectivity index is 0.000000354. The van der Waals surface area contributed by atoms with Gasteiger partial charge >= 0.3 is 24.1 Å². The van der Waals surface area contributed by atoms with E-state index in [0.717, 1.165) is 22.3 Å². The van der Waals surface area contributed by atoms with Gasteiger partial charge in [-0.15, -0.1) is 11.3 Å². The van der Waals surface area contributed by atoms with Crippen LogP contribution in [0.4, 0.5) is 13.2 Å². The number of hydrogen-bond acceptors (Lipinski definition) is 10. The van der Waals surface area contributed by atoms with E-state index in [0.29, 0.717) is 38.0 Å². The number of alkyl halides is 3. The van der Waals surface area contributed by atoms with Gasteiger partial charge < -0.3 is 35.4 Å². The number of hydrogen-bond donors (Lipinski definition) is 6. The molecular formula is C36H27EuF3N2O10S. The smallest absolute Gasteiger partial charge is 0.414 e. The number of benzene rings is 3. The van der Waals surface area contributed by atoms with Crippen LogP contribution in [0.2, 0.25) is 0 Å². The number of fused-ring (bicyclic) bond motifs is 3. The summed E-state index contributed by atoms with van der Waals surface area (Å²) in [6.45, 7) is -0.685. The van der Waals surface area contributed by atoms with Crippen LogP contribution in [-0.4, -0.2) is 77.6 Å². The first-order valence-corrected chi connectivity index (χ1v) is 15.9. The molecule has 3 heterocycles. The van der Waals surface area contributed by atoms with Gasteiger partial charge in [0.05, 0.1) is 28.3 Å². The van der Waals surface area contributed by atoms with Crippen LogP contribution in [-0.2, 0) is 0 Å². The summed E-state index contributed by atoms with van der Waals surface area (Å²) in [5.74, 6) is -3.86. The van der Waals surface area contributed by atoms with E-state index in [9.17, 15) is 53.1 Å². The van der Waals surface area contributed by atoms with E-state index in [2.05, 4.69) is 9.97 Å². The minimum Gasteiger partial charge on any atom is -0.478 e. The molecule has 12 nitrogen and oxygen atoms in total. The van der Waals surface area contributed by atoms with Gasteiger partial charge in [0.15, 0.2) is 12.9 Å². The number of aliphatic hydroxyl groups is 3. The summed E-state index contributed by atoms with van der Waals surface area (Å²) >= 11 is 1.16. The molecule has 3 aromatic carbocycles. The van der Waals surface area contributed by atoms with Crippen LogP contribution in [0.15, 0.2) is 90.6 Å². The molecule has 0 bridgehead atoms. The molecule has 0 saturated heterocycles. The van der Waals surface area contributed by atoms with Crippen LogP contribution < -0.4 is 4.74 Å². The van der Waals surface area contributed by atoms with E-state index in [1.807, 2.05) is 12.1 Å². The van der Waals surface area contributed by atoms with Gasteiger partial charge in [-0.05, 0) is 70.1 Å². The van der Waals surface area contributed by atoms with Crippen LogP contribution in [0.3, 0.4) is 0 Å². The predicted octanol–water partition coefficient (Wildman–Crippen LogP) is 6.64. The van der Waals surface area contributed by atoms with E-state index < -0.39 is 49.5 Å². The van der Waals surface area contributed by atoms with Crippen molar-refractivity contribution < 1.29 is 112 Å². The Labute approximate surface area is 342 Å². The Hall–Kier alpha value is -4.36. The van der Waals surface area contributed by atoms with Crippen molar-refractivity contribution in [3.63, 3.8) is 0 Å². The second-order valence-electron chi connectivity index (χ2n) is 11.1. The third kappa shape index (κ3) is 9.42. The molecule has 17 heteroatoms. The molecule has 275 valence electrons. The summed E-state index contributed by atoms with van der Waals surface area (Å²) in [5.41, 5.74) is 2.87. The molecule has 1 radical (unpaired) electrons. The normalized spacial score (nSPS) is 12.3. The summed E-state index contributed by atoms with van der Waals surface area (Å²) in [6, 6.07) is 19.0. The standard InChI is InChI=1S/C28H18N2O8.C8H9F3O2S.Eu/c31-13-38-23-12-15(2-4-21(23)27(34)35)17-8-10-30-25-19(17)6-5-18-16(7-9-29-24(18)25)14-1-3-20(26(32)33)22(11-14)28(36)37;9-8(10,11)7(13)4-5(12)6-2-1-3-14-6;/h1-12,31H,13H2,(H,32,33)(H,34,35)(H,36,37);1-3,5,7,12-13H,4H2;. The minimum atomic E-state index is -4.67. The monoisotopic (exact) mass is 889 g/mol. The number of carbonyl (C=O) groups is 3. The van der Waals surface area contributed by atoms with Gasteiger partial charge in [0.2, 0.25) is 0 Å². The van der Waals surface area contributed by atoms with Crippen molar-refractivity contribution in [2.24, 2.45) is 0 Å². The number of aromatic nitrogens is 2. The number of rotatable bonds is 10. The van der Waals surface area contributed by atoms with Crippen molar-refractivity contribution in [3.8, 4) is 28.0 Å². The summed E-state index contributed by atoms with van der Waals surface area (Å²) in [5, 5.41) is 58.5. The molecular weight excluding hydrogens is 861 g/mol. The zero-order chi connectivity index (χ0) is 37.7.